The third-order valence-electron chi connectivity index (χ3n) is 4.12. The maximum atomic E-state index is 12.6. The largest absolute Gasteiger partial charge is 0.394 e. The maximum absolute atomic E-state index is 12.6. The SMILES string of the molecule is CC(C)CC(CO)NC(=O)C1CCCCN1C(=O)c1cccs1. The number of thiophene rings is 1. The van der Waals surface area contributed by atoms with Gasteiger partial charge in [-0.05, 0) is 43.0 Å². The van der Waals surface area contributed by atoms with Gasteiger partial charge in [-0.25, -0.2) is 0 Å². The van der Waals surface area contributed by atoms with Gasteiger partial charge in [0, 0.05) is 6.54 Å². The van der Waals surface area contributed by atoms with Gasteiger partial charge in [-0.3, -0.25) is 9.59 Å². The number of rotatable bonds is 6. The Bertz CT molecular complexity index is 516. The van der Waals surface area contributed by atoms with E-state index in [1.165, 1.54) is 11.3 Å². The number of nitrogens with zero attached hydrogens (tertiary/aromatic N) is 1. The highest BCUT2D eigenvalue weighted by Crippen LogP contribution is 2.22. The molecule has 0 bridgehead atoms. The van der Waals surface area contributed by atoms with Crippen LogP contribution in [-0.4, -0.2) is 47.1 Å². The summed E-state index contributed by atoms with van der Waals surface area (Å²) in [6, 6.07) is 2.97. The molecule has 2 amide bonds. The summed E-state index contributed by atoms with van der Waals surface area (Å²) >= 11 is 1.40. The van der Waals surface area contributed by atoms with Gasteiger partial charge in [0.1, 0.15) is 6.04 Å². The van der Waals surface area contributed by atoms with E-state index in [-0.39, 0.29) is 24.5 Å². The lowest BCUT2D eigenvalue weighted by Gasteiger charge is -2.35. The second kappa shape index (κ2) is 8.45. The number of aliphatic hydroxyl groups excluding tert-OH is 1. The van der Waals surface area contributed by atoms with Crippen molar-refractivity contribution < 1.29 is 14.7 Å². The lowest BCUT2D eigenvalue weighted by Crippen LogP contribution is -2.54. The van der Waals surface area contributed by atoms with Gasteiger partial charge in [-0.1, -0.05) is 19.9 Å². The standard InChI is InChI=1S/C17H26N2O3S/c1-12(2)10-13(11-20)18-16(21)14-6-3-4-8-19(14)17(22)15-7-5-9-23-15/h5,7,9,12-14,20H,3-4,6,8,10-11H2,1-2H3,(H,18,21). The Morgan fingerprint density at radius 3 is 2.83 bits per heavy atom. The topological polar surface area (TPSA) is 69.6 Å². The zero-order valence-electron chi connectivity index (χ0n) is 13.8. The van der Waals surface area contributed by atoms with Crippen LogP contribution in [0.15, 0.2) is 17.5 Å². The number of carbonyl (C=O) groups is 2. The number of likely N-dealkylation sites (tertiary alicyclic amines) is 1. The molecule has 2 heterocycles. The molecule has 0 aromatic carbocycles. The van der Waals surface area contributed by atoms with Gasteiger partial charge in [0.2, 0.25) is 5.91 Å². The minimum absolute atomic E-state index is 0.0655. The maximum Gasteiger partial charge on any atom is 0.264 e. The molecule has 1 fully saturated rings. The van der Waals surface area contributed by atoms with Gasteiger partial charge < -0.3 is 15.3 Å². The predicted molar refractivity (Wildman–Crippen MR) is 91.5 cm³/mol. The fourth-order valence-corrected chi connectivity index (χ4v) is 3.71. The molecule has 1 aromatic rings. The van der Waals surface area contributed by atoms with Crippen molar-refractivity contribution in [1.29, 1.82) is 0 Å². The molecule has 0 saturated carbocycles. The first-order chi connectivity index (χ1) is 11.0. The number of piperidine rings is 1. The molecule has 1 saturated heterocycles. The first kappa shape index (κ1) is 17.9. The molecule has 5 nitrogen and oxygen atoms in total. The van der Waals surface area contributed by atoms with E-state index in [1.54, 1.807) is 11.0 Å². The molecule has 2 rings (SSSR count). The zero-order valence-corrected chi connectivity index (χ0v) is 14.6. The van der Waals surface area contributed by atoms with Crippen molar-refractivity contribution >= 4 is 23.2 Å². The third kappa shape index (κ3) is 4.78. The fourth-order valence-electron chi connectivity index (χ4n) is 3.03. The van der Waals surface area contributed by atoms with E-state index in [4.69, 9.17) is 0 Å². The number of hydrogen-bond donors (Lipinski definition) is 2. The average Bonchev–Trinajstić information content (AvgIpc) is 3.07. The highest BCUT2D eigenvalue weighted by molar-refractivity contribution is 7.12. The van der Waals surface area contributed by atoms with E-state index in [1.807, 2.05) is 11.4 Å². The van der Waals surface area contributed by atoms with Crippen LogP contribution >= 0.6 is 11.3 Å². The Morgan fingerprint density at radius 2 is 2.22 bits per heavy atom. The molecule has 2 unspecified atom stereocenters. The highest BCUT2D eigenvalue weighted by Gasteiger charge is 2.33. The van der Waals surface area contributed by atoms with Crippen LogP contribution in [0.3, 0.4) is 0 Å². The van der Waals surface area contributed by atoms with Crippen molar-refractivity contribution in [3.8, 4) is 0 Å². The molecular formula is C17H26N2O3S. The minimum Gasteiger partial charge on any atom is -0.394 e. The van der Waals surface area contributed by atoms with Crippen LogP contribution in [0, 0.1) is 5.92 Å². The van der Waals surface area contributed by atoms with Crippen LogP contribution < -0.4 is 5.32 Å². The lowest BCUT2D eigenvalue weighted by atomic mass is 9.99. The lowest BCUT2D eigenvalue weighted by molar-refractivity contribution is -0.127. The first-order valence-electron chi connectivity index (χ1n) is 8.28. The number of carbonyl (C=O) groups excluding carboxylic acids is 2. The van der Waals surface area contributed by atoms with Crippen molar-refractivity contribution in [3.05, 3.63) is 22.4 Å². The monoisotopic (exact) mass is 338 g/mol. The highest BCUT2D eigenvalue weighted by atomic mass is 32.1. The molecule has 0 radical (unpaired) electrons. The Balaban J connectivity index is 2.05. The van der Waals surface area contributed by atoms with Gasteiger partial charge >= 0.3 is 0 Å². The number of nitrogens with one attached hydrogen (secondary N) is 1. The van der Waals surface area contributed by atoms with Gasteiger partial charge in [0.15, 0.2) is 0 Å². The van der Waals surface area contributed by atoms with Crippen LogP contribution in [0.5, 0.6) is 0 Å². The molecule has 1 aliphatic rings. The van der Waals surface area contributed by atoms with Crippen molar-refractivity contribution in [2.75, 3.05) is 13.2 Å². The predicted octanol–water partition coefficient (Wildman–Crippen LogP) is 2.27. The summed E-state index contributed by atoms with van der Waals surface area (Å²) in [5.74, 6) is 0.182. The summed E-state index contributed by atoms with van der Waals surface area (Å²) in [4.78, 5) is 27.6. The molecule has 0 aliphatic carbocycles. The van der Waals surface area contributed by atoms with Crippen LogP contribution in [0.1, 0.15) is 49.2 Å². The number of hydrogen-bond acceptors (Lipinski definition) is 4. The van der Waals surface area contributed by atoms with Gasteiger partial charge in [-0.2, -0.15) is 0 Å². The normalized spacial score (nSPS) is 19.7. The zero-order chi connectivity index (χ0) is 16.8. The Hall–Kier alpha value is -1.40. The number of amides is 2. The molecule has 1 aliphatic heterocycles. The van der Waals surface area contributed by atoms with E-state index < -0.39 is 6.04 Å². The van der Waals surface area contributed by atoms with Crippen LogP contribution in [0.4, 0.5) is 0 Å². The Morgan fingerprint density at radius 1 is 1.43 bits per heavy atom. The molecule has 128 valence electrons. The van der Waals surface area contributed by atoms with Crippen LogP contribution in [-0.2, 0) is 4.79 Å². The number of aliphatic hydroxyl groups is 1. The van der Waals surface area contributed by atoms with E-state index in [0.717, 1.165) is 19.3 Å². The van der Waals surface area contributed by atoms with E-state index in [0.29, 0.717) is 23.8 Å². The summed E-state index contributed by atoms with van der Waals surface area (Å²) in [6.45, 7) is 4.66. The van der Waals surface area contributed by atoms with E-state index >= 15 is 0 Å². The molecule has 2 N–H and O–H groups in total. The summed E-state index contributed by atoms with van der Waals surface area (Å²) in [5, 5.41) is 14.2. The van der Waals surface area contributed by atoms with Crippen molar-refractivity contribution in [3.63, 3.8) is 0 Å². The van der Waals surface area contributed by atoms with Gasteiger partial charge in [-0.15, -0.1) is 11.3 Å². The summed E-state index contributed by atoms with van der Waals surface area (Å²) in [7, 11) is 0. The first-order valence-corrected chi connectivity index (χ1v) is 9.16. The molecule has 6 heteroatoms. The van der Waals surface area contributed by atoms with Crippen LogP contribution in [0.2, 0.25) is 0 Å². The van der Waals surface area contributed by atoms with Crippen LogP contribution in [0.25, 0.3) is 0 Å². The Labute approximate surface area is 141 Å². The van der Waals surface area contributed by atoms with Crippen molar-refractivity contribution in [2.24, 2.45) is 5.92 Å². The summed E-state index contributed by atoms with van der Waals surface area (Å²) < 4.78 is 0. The minimum atomic E-state index is -0.431. The van der Waals surface area contributed by atoms with Crippen molar-refractivity contribution in [1.82, 2.24) is 10.2 Å². The smallest absolute Gasteiger partial charge is 0.264 e. The quantitative estimate of drug-likeness (QED) is 0.836. The molecule has 0 spiro atoms. The molecule has 2 atom stereocenters. The molecule has 23 heavy (non-hydrogen) atoms. The molecular weight excluding hydrogens is 312 g/mol. The van der Waals surface area contributed by atoms with E-state index in [2.05, 4.69) is 19.2 Å². The van der Waals surface area contributed by atoms with Gasteiger partial charge in [0.05, 0.1) is 17.5 Å². The summed E-state index contributed by atoms with van der Waals surface area (Å²) in [5.41, 5.74) is 0. The fraction of sp³-hybridized carbons (Fsp3) is 0.647. The van der Waals surface area contributed by atoms with E-state index in [9.17, 15) is 14.7 Å². The molecule has 1 aromatic heterocycles. The Kier molecular flexibility index (Phi) is 6.59. The summed E-state index contributed by atoms with van der Waals surface area (Å²) in [6.07, 6.45) is 3.28. The average molecular weight is 338 g/mol. The van der Waals surface area contributed by atoms with Crippen molar-refractivity contribution in [2.45, 2.75) is 51.6 Å². The second-order valence-electron chi connectivity index (χ2n) is 6.51. The van der Waals surface area contributed by atoms with Gasteiger partial charge in [0.25, 0.3) is 5.91 Å². The second-order valence-corrected chi connectivity index (χ2v) is 7.45. The third-order valence-corrected chi connectivity index (χ3v) is 4.98.